The molecule has 2 aromatic carbocycles. The fourth-order valence-corrected chi connectivity index (χ4v) is 2.76. The van der Waals surface area contributed by atoms with Crippen LogP contribution in [-0.4, -0.2) is 48.3 Å². The van der Waals surface area contributed by atoms with Crippen LogP contribution in [0.4, 0.5) is 31.0 Å². The Balaban J connectivity index is 1.55. The molecule has 0 bridgehead atoms. The summed E-state index contributed by atoms with van der Waals surface area (Å²) in [4.78, 5) is 26.4. The van der Waals surface area contributed by atoms with Crippen LogP contribution in [0.15, 0.2) is 48.5 Å². The summed E-state index contributed by atoms with van der Waals surface area (Å²) < 4.78 is 13.5. The average Bonchev–Trinajstić information content (AvgIpc) is 2.64. The third kappa shape index (κ3) is 4.21. The number of nitrogens with zero attached hydrogens (tertiary/aromatic N) is 2. The number of carboxylic acid groups (broad SMARTS) is 1. The van der Waals surface area contributed by atoms with Crippen LogP contribution in [0, 0.1) is 5.82 Å². The number of nitrogens with one attached hydrogen (secondary N) is 2. The number of piperazine rings is 1. The van der Waals surface area contributed by atoms with Crippen LogP contribution in [0.25, 0.3) is 0 Å². The molecule has 26 heavy (non-hydrogen) atoms. The number of hydrogen-bond donors (Lipinski definition) is 3. The Morgan fingerprint density at radius 3 is 2.19 bits per heavy atom. The van der Waals surface area contributed by atoms with Gasteiger partial charge in [-0.25, -0.2) is 14.0 Å². The number of anilines is 3. The van der Waals surface area contributed by atoms with E-state index in [1.165, 1.54) is 17.0 Å². The van der Waals surface area contributed by atoms with Gasteiger partial charge in [-0.1, -0.05) is 12.1 Å². The number of amides is 3. The van der Waals surface area contributed by atoms with E-state index < -0.39 is 17.9 Å². The summed E-state index contributed by atoms with van der Waals surface area (Å²) >= 11 is 0. The van der Waals surface area contributed by atoms with Crippen molar-refractivity contribution in [3.05, 3.63) is 54.3 Å². The molecule has 0 atom stereocenters. The van der Waals surface area contributed by atoms with E-state index in [1.807, 2.05) is 12.1 Å². The monoisotopic (exact) mass is 358 g/mol. The Kier molecular flexibility index (Phi) is 5.21. The maximum atomic E-state index is 13.5. The molecule has 3 rings (SSSR count). The molecule has 1 aliphatic heterocycles. The second kappa shape index (κ2) is 7.73. The average molecular weight is 358 g/mol. The molecule has 2 aromatic rings. The van der Waals surface area contributed by atoms with Crippen LogP contribution in [0.5, 0.6) is 0 Å². The summed E-state index contributed by atoms with van der Waals surface area (Å²) in [7, 11) is 0. The number of halogens is 1. The zero-order valence-electron chi connectivity index (χ0n) is 14.0. The first-order valence-electron chi connectivity index (χ1n) is 8.18. The Morgan fingerprint density at radius 1 is 0.923 bits per heavy atom. The van der Waals surface area contributed by atoms with Crippen LogP contribution >= 0.6 is 0 Å². The van der Waals surface area contributed by atoms with Gasteiger partial charge in [0.05, 0.1) is 5.69 Å². The molecule has 7 nitrogen and oxygen atoms in total. The molecule has 1 saturated heterocycles. The normalized spacial score (nSPS) is 14.0. The number of hydrogen-bond acceptors (Lipinski definition) is 3. The molecule has 1 heterocycles. The SMILES string of the molecule is O=C(Nc1ccc(N2CCN(C(=O)O)CC2)cc1)Nc1ccccc1F. The smallest absolute Gasteiger partial charge is 0.407 e. The van der Waals surface area contributed by atoms with Gasteiger partial charge in [-0.3, -0.25) is 0 Å². The van der Waals surface area contributed by atoms with Crippen molar-refractivity contribution in [2.24, 2.45) is 0 Å². The zero-order valence-corrected chi connectivity index (χ0v) is 14.0. The van der Waals surface area contributed by atoms with Crippen molar-refractivity contribution in [2.75, 3.05) is 41.7 Å². The molecule has 3 amide bonds. The standard InChI is InChI=1S/C18H19FN4O3/c19-15-3-1-2-4-16(15)21-17(24)20-13-5-7-14(8-6-13)22-9-11-23(12-10-22)18(25)26/h1-8H,9-12H2,(H,25,26)(H2,20,21,24). The van der Waals surface area contributed by atoms with Gasteiger partial charge in [-0.2, -0.15) is 0 Å². The second-order valence-electron chi connectivity index (χ2n) is 5.86. The maximum absolute atomic E-state index is 13.5. The Bertz CT molecular complexity index is 789. The quantitative estimate of drug-likeness (QED) is 0.786. The first-order chi connectivity index (χ1) is 12.5. The first-order valence-corrected chi connectivity index (χ1v) is 8.18. The lowest BCUT2D eigenvalue weighted by Gasteiger charge is -2.34. The molecular formula is C18H19FN4O3. The summed E-state index contributed by atoms with van der Waals surface area (Å²) in [5.41, 5.74) is 1.64. The van der Waals surface area contributed by atoms with Crippen molar-refractivity contribution in [3.8, 4) is 0 Å². The lowest BCUT2D eigenvalue weighted by atomic mass is 10.2. The van der Waals surface area contributed by atoms with Crippen molar-refractivity contribution in [1.29, 1.82) is 0 Å². The number of carbonyl (C=O) groups excluding carboxylic acids is 1. The lowest BCUT2D eigenvalue weighted by Crippen LogP contribution is -2.48. The van der Waals surface area contributed by atoms with Crippen molar-refractivity contribution < 1.29 is 19.1 Å². The Hall–Kier alpha value is -3.29. The number of carbonyl (C=O) groups is 2. The third-order valence-corrected chi connectivity index (χ3v) is 4.16. The van der Waals surface area contributed by atoms with Gasteiger partial charge in [-0.05, 0) is 36.4 Å². The Morgan fingerprint density at radius 2 is 1.58 bits per heavy atom. The van der Waals surface area contributed by atoms with Gasteiger partial charge >= 0.3 is 12.1 Å². The van der Waals surface area contributed by atoms with E-state index in [-0.39, 0.29) is 5.69 Å². The summed E-state index contributed by atoms with van der Waals surface area (Å²) in [6.07, 6.45) is -0.898. The van der Waals surface area contributed by atoms with Crippen LogP contribution in [0.2, 0.25) is 0 Å². The van der Waals surface area contributed by atoms with Crippen molar-refractivity contribution in [2.45, 2.75) is 0 Å². The molecular weight excluding hydrogens is 339 g/mol. The highest BCUT2D eigenvalue weighted by atomic mass is 19.1. The summed E-state index contributed by atoms with van der Waals surface area (Å²) in [6.45, 7) is 2.15. The fourth-order valence-electron chi connectivity index (χ4n) is 2.76. The maximum Gasteiger partial charge on any atom is 0.407 e. The van der Waals surface area contributed by atoms with E-state index in [0.29, 0.717) is 31.9 Å². The molecule has 1 fully saturated rings. The van der Waals surface area contributed by atoms with Crippen LogP contribution in [0.1, 0.15) is 0 Å². The van der Waals surface area contributed by atoms with Gasteiger partial charge in [0, 0.05) is 37.6 Å². The van der Waals surface area contributed by atoms with Crippen LogP contribution in [0.3, 0.4) is 0 Å². The Labute approximate surface area is 150 Å². The molecule has 0 spiro atoms. The summed E-state index contributed by atoms with van der Waals surface area (Å²) in [6, 6.07) is 12.6. The van der Waals surface area contributed by atoms with Crippen LogP contribution in [-0.2, 0) is 0 Å². The van der Waals surface area contributed by atoms with Crippen molar-refractivity contribution >= 4 is 29.2 Å². The fraction of sp³-hybridized carbons (Fsp3) is 0.222. The van der Waals surface area contributed by atoms with Gasteiger partial charge in [0.1, 0.15) is 5.82 Å². The number of para-hydroxylation sites is 1. The molecule has 136 valence electrons. The molecule has 0 radical (unpaired) electrons. The molecule has 0 unspecified atom stereocenters. The first kappa shape index (κ1) is 17.5. The predicted molar refractivity (Wildman–Crippen MR) is 97.3 cm³/mol. The second-order valence-corrected chi connectivity index (χ2v) is 5.86. The van der Waals surface area contributed by atoms with E-state index in [2.05, 4.69) is 15.5 Å². The van der Waals surface area contributed by atoms with Gasteiger partial charge in [0.25, 0.3) is 0 Å². The lowest BCUT2D eigenvalue weighted by molar-refractivity contribution is 0.142. The van der Waals surface area contributed by atoms with Gasteiger partial charge < -0.3 is 25.5 Å². The highest BCUT2D eigenvalue weighted by Gasteiger charge is 2.20. The number of benzene rings is 2. The van der Waals surface area contributed by atoms with E-state index >= 15 is 0 Å². The summed E-state index contributed by atoms with van der Waals surface area (Å²) in [5.74, 6) is -0.501. The summed E-state index contributed by atoms with van der Waals surface area (Å²) in [5, 5.41) is 14.1. The van der Waals surface area contributed by atoms with E-state index in [9.17, 15) is 14.0 Å². The third-order valence-electron chi connectivity index (χ3n) is 4.16. The van der Waals surface area contributed by atoms with Gasteiger partial charge in [0.2, 0.25) is 0 Å². The topological polar surface area (TPSA) is 84.9 Å². The van der Waals surface area contributed by atoms with Gasteiger partial charge in [-0.15, -0.1) is 0 Å². The molecule has 1 aliphatic rings. The van der Waals surface area contributed by atoms with E-state index in [4.69, 9.17) is 5.11 Å². The van der Waals surface area contributed by atoms with Crippen LogP contribution < -0.4 is 15.5 Å². The minimum atomic E-state index is -0.898. The molecule has 0 aliphatic carbocycles. The van der Waals surface area contributed by atoms with Crippen molar-refractivity contribution in [3.63, 3.8) is 0 Å². The predicted octanol–water partition coefficient (Wildman–Crippen LogP) is 3.27. The highest BCUT2D eigenvalue weighted by Crippen LogP contribution is 2.20. The largest absolute Gasteiger partial charge is 0.465 e. The van der Waals surface area contributed by atoms with Gasteiger partial charge in [0.15, 0.2) is 0 Å². The molecule has 8 heteroatoms. The zero-order chi connectivity index (χ0) is 18.5. The minimum absolute atomic E-state index is 0.109. The van der Waals surface area contributed by atoms with E-state index in [0.717, 1.165) is 5.69 Å². The van der Waals surface area contributed by atoms with E-state index in [1.54, 1.807) is 24.3 Å². The highest BCUT2D eigenvalue weighted by molar-refractivity contribution is 5.99. The minimum Gasteiger partial charge on any atom is -0.465 e. The molecule has 3 N–H and O–H groups in total. The molecule has 0 saturated carbocycles. The number of rotatable bonds is 3. The number of urea groups is 1. The van der Waals surface area contributed by atoms with Crippen molar-refractivity contribution in [1.82, 2.24) is 4.90 Å². The molecule has 0 aromatic heterocycles.